The number of carbonyl (C=O) groups is 1. The van der Waals surface area contributed by atoms with Gasteiger partial charge in [-0.3, -0.25) is 4.79 Å². The number of aliphatic hydroxyl groups is 1. The summed E-state index contributed by atoms with van der Waals surface area (Å²) in [7, 11) is 0. The Labute approximate surface area is 92.0 Å². The number of rotatable bonds is 4. The van der Waals surface area contributed by atoms with Crippen molar-refractivity contribution in [3.05, 3.63) is 0 Å². The van der Waals surface area contributed by atoms with E-state index in [1.807, 2.05) is 0 Å². The molecule has 1 atom stereocenters. The zero-order valence-corrected chi connectivity index (χ0v) is 8.89. The second kappa shape index (κ2) is 5.52. The molecule has 1 saturated carbocycles. The molecule has 1 unspecified atom stereocenters. The summed E-state index contributed by atoms with van der Waals surface area (Å²) in [5.74, 6) is -0.113. The molecule has 2 N–H and O–H groups in total. The van der Waals surface area contributed by atoms with E-state index in [2.05, 4.69) is 5.32 Å². The monoisotopic (exact) mass is 239 g/mol. The van der Waals surface area contributed by atoms with Crippen molar-refractivity contribution < 1.29 is 23.1 Å². The van der Waals surface area contributed by atoms with Gasteiger partial charge in [-0.15, -0.1) is 0 Å². The molecule has 0 bridgehead atoms. The van der Waals surface area contributed by atoms with E-state index in [0.717, 1.165) is 25.7 Å². The Morgan fingerprint density at radius 1 is 1.38 bits per heavy atom. The van der Waals surface area contributed by atoms with Crippen molar-refractivity contribution >= 4 is 5.91 Å². The van der Waals surface area contributed by atoms with Gasteiger partial charge in [0.2, 0.25) is 5.91 Å². The van der Waals surface area contributed by atoms with Gasteiger partial charge in [0.25, 0.3) is 0 Å². The minimum Gasteiger partial charge on any atom is -0.382 e. The van der Waals surface area contributed by atoms with E-state index < -0.39 is 24.7 Å². The van der Waals surface area contributed by atoms with Crippen LogP contribution in [0.25, 0.3) is 0 Å². The highest BCUT2D eigenvalue weighted by molar-refractivity contribution is 5.76. The molecule has 0 aliphatic heterocycles. The van der Waals surface area contributed by atoms with Gasteiger partial charge < -0.3 is 10.4 Å². The lowest BCUT2D eigenvalue weighted by molar-refractivity contribution is -0.201. The van der Waals surface area contributed by atoms with Crippen molar-refractivity contribution in [2.75, 3.05) is 6.54 Å². The SMILES string of the molecule is O=C(CC1CCCC1)NCC(O)C(F)(F)F. The molecule has 0 aromatic carbocycles. The highest BCUT2D eigenvalue weighted by atomic mass is 19.4. The molecule has 0 heterocycles. The van der Waals surface area contributed by atoms with Gasteiger partial charge in [0.05, 0.1) is 6.54 Å². The first-order chi connectivity index (χ1) is 7.39. The number of nitrogens with one attached hydrogen (secondary N) is 1. The topological polar surface area (TPSA) is 49.3 Å². The normalized spacial score (nSPS) is 19.8. The fraction of sp³-hybridized carbons (Fsp3) is 0.900. The van der Waals surface area contributed by atoms with Crippen molar-refractivity contribution in [3.8, 4) is 0 Å². The maximum atomic E-state index is 11.9. The van der Waals surface area contributed by atoms with E-state index in [9.17, 15) is 18.0 Å². The fourth-order valence-electron chi connectivity index (χ4n) is 1.88. The van der Waals surface area contributed by atoms with Crippen LogP contribution in [-0.2, 0) is 4.79 Å². The molecule has 6 heteroatoms. The third-order valence-electron chi connectivity index (χ3n) is 2.82. The summed E-state index contributed by atoms with van der Waals surface area (Å²) in [6.07, 6.45) is -2.76. The van der Waals surface area contributed by atoms with Crippen LogP contribution in [0.5, 0.6) is 0 Å². The van der Waals surface area contributed by atoms with E-state index in [1.54, 1.807) is 0 Å². The van der Waals surface area contributed by atoms with Gasteiger partial charge in [-0.05, 0) is 18.8 Å². The summed E-state index contributed by atoms with van der Waals surface area (Å²) >= 11 is 0. The van der Waals surface area contributed by atoms with Crippen LogP contribution in [0.2, 0.25) is 0 Å². The minimum absolute atomic E-state index is 0.268. The lowest BCUT2D eigenvalue weighted by Gasteiger charge is -2.15. The Kier molecular flexibility index (Phi) is 4.58. The van der Waals surface area contributed by atoms with Crippen LogP contribution < -0.4 is 5.32 Å². The van der Waals surface area contributed by atoms with Crippen molar-refractivity contribution in [1.82, 2.24) is 5.32 Å². The first-order valence-electron chi connectivity index (χ1n) is 5.41. The number of amides is 1. The summed E-state index contributed by atoms with van der Waals surface area (Å²) in [5.41, 5.74) is 0. The molecule has 3 nitrogen and oxygen atoms in total. The van der Waals surface area contributed by atoms with Crippen molar-refractivity contribution in [2.24, 2.45) is 5.92 Å². The Hall–Kier alpha value is -0.780. The average Bonchev–Trinajstić information content (AvgIpc) is 2.65. The molecule has 1 aliphatic rings. The van der Waals surface area contributed by atoms with E-state index in [4.69, 9.17) is 5.11 Å². The molecule has 0 spiro atoms. The van der Waals surface area contributed by atoms with Crippen molar-refractivity contribution in [2.45, 2.75) is 44.4 Å². The second-order valence-corrected chi connectivity index (χ2v) is 4.22. The van der Waals surface area contributed by atoms with Crippen LogP contribution in [-0.4, -0.2) is 29.8 Å². The van der Waals surface area contributed by atoms with E-state index in [-0.39, 0.29) is 6.42 Å². The molecule has 1 fully saturated rings. The van der Waals surface area contributed by atoms with Gasteiger partial charge in [0.1, 0.15) is 0 Å². The van der Waals surface area contributed by atoms with E-state index in [1.165, 1.54) is 0 Å². The second-order valence-electron chi connectivity index (χ2n) is 4.22. The summed E-state index contributed by atoms with van der Waals surface area (Å²) in [6, 6.07) is 0. The van der Waals surface area contributed by atoms with Gasteiger partial charge in [0.15, 0.2) is 6.10 Å². The molecule has 0 saturated heterocycles. The predicted molar refractivity (Wildman–Crippen MR) is 51.6 cm³/mol. The molecule has 94 valence electrons. The highest BCUT2D eigenvalue weighted by Crippen LogP contribution is 2.27. The van der Waals surface area contributed by atoms with Gasteiger partial charge in [0, 0.05) is 6.42 Å². The summed E-state index contributed by atoms with van der Waals surface area (Å²) < 4.78 is 35.7. The molecule has 0 aromatic rings. The summed E-state index contributed by atoms with van der Waals surface area (Å²) in [5, 5.41) is 10.8. The fourth-order valence-corrected chi connectivity index (χ4v) is 1.88. The maximum Gasteiger partial charge on any atom is 0.416 e. The predicted octanol–water partition coefficient (Wildman–Crippen LogP) is 1.61. The quantitative estimate of drug-likeness (QED) is 0.783. The number of halogens is 3. The standard InChI is InChI=1S/C10H16F3NO2/c11-10(12,13)8(15)6-14-9(16)5-7-3-1-2-4-7/h7-8,15H,1-6H2,(H,14,16). The lowest BCUT2D eigenvalue weighted by atomic mass is 10.0. The van der Waals surface area contributed by atoms with E-state index in [0.29, 0.717) is 5.92 Å². The van der Waals surface area contributed by atoms with Crippen LogP contribution in [0.3, 0.4) is 0 Å². The van der Waals surface area contributed by atoms with Crippen LogP contribution >= 0.6 is 0 Å². The van der Waals surface area contributed by atoms with Crippen LogP contribution in [0.1, 0.15) is 32.1 Å². The van der Waals surface area contributed by atoms with Gasteiger partial charge >= 0.3 is 6.18 Å². The van der Waals surface area contributed by atoms with Crippen LogP contribution in [0.4, 0.5) is 13.2 Å². The molecule has 1 rings (SSSR count). The zero-order chi connectivity index (χ0) is 12.2. The molecule has 16 heavy (non-hydrogen) atoms. The maximum absolute atomic E-state index is 11.9. The Balaban J connectivity index is 2.19. The average molecular weight is 239 g/mol. The smallest absolute Gasteiger partial charge is 0.382 e. The molecule has 1 aliphatic carbocycles. The number of alkyl halides is 3. The van der Waals surface area contributed by atoms with Gasteiger partial charge in [-0.2, -0.15) is 13.2 Å². The summed E-state index contributed by atoms with van der Waals surface area (Å²) in [6.45, 7) is -0.755. The molecule has 0 radical (unpaired) electrons. The van der Waals surface area contributed by atoms with Crippen LogP contribution in [0, 0.1) is 5.92 Å². The third kappa shape index (κ3) is 4.38. The largest absolute Gasteiger partial charge is 0.416 e. The number of hydrogen-bond acceptors (Lipinski definition) is 2. The van der Waals surface area contributed by atoms with Crippen molar-refractivity contribution in [3.63, 3.8) is 0 Å². The van der Waals surface area contributed by atoms with Gasteiger partial charge in [-0.25, -0.2) is 0 Å². The van der Waals surface area contributed by atoms with Crippen LogP contribution in [0.15, 0.2) is 0 Å². The molecule has 1 amide bonds. The number of carbonyl (C=O) groups excluding carboxylic acids is 1. The van der Waals surface area contributed by atoms with E-state index >= 15 is 0 Å². The Bertz CT molecular complexity index is 237. The number of aliphatic hydroxyl groups excluding tert-OH is 1. The molecular formula is C10H16F3NO2. The summed E-state index contributed by atoms with van der Waals surface area (Å²) in [4.78, 5) is 11.2. The minimum atomic E-state index is -4.67. The molecule has 0 aromatic heterocycles. The number of hydrogen-bond donors (Lipinski definition) is 2. The Morgan fingerprint density at radius 3 is 2.44 bits per heavy atom. The highest BCUT2D eigenvalue weighted by Gasteiger charge is 2.38. The van der Waals surface area contributed by atoms with Crippen molar-refractivity contribution in [1.29, 1.82) is 0 Å². The molecular weight excluding hydrogens is 223 g/mol. The first-order valence-corrected chi connectivity index (χ1v) is 5.41. The lowest BCUT2D eigenvalue weighted by Crippen LogP contribution is -2.41. The van der Waals surface area contributed by atoms with Gasteiger partial charge in [-0.1, -0.05) is 12.8 Å². The third-order valence-corrected chi connectivity index (χ3v) is 2.82. The first kappa shape index (κ1) is 13.3. The zero-order valence-electron chi connectivity index (χ0n) is 8.89. The Morgan fingerprint density at radius 2 is 1.94 bits per heavy atom.